The van der Waals surface area contributed by atoms with Gasteiger partial charge in [0, 0.05) is 25.4 Å². The summed E-state index contributed by atoms with van der Waals surface area (Å²) in [6.45, 7) is -0.140. The molecule has 0 bridgehead atoms. The smallest absolute Gasteiger partial charge is 0.445 e. The van der Waals surface area contributed by atoms with Crippen LogP contribution in [0.3, 0.4) is 0 Å². The van der Waals surface area contributed by atoms with Crippen LogP contribution in [0.25, 0.3) is 0 Å². The van der Waals surface area contributed by atoms with Gasteiger partial charge in [0.25, 0.3) is 0 Å². The quantitative estimate of drug-likeness (QED) is 0.693. The standard InChI is InChI=1S/C9H13BF3N2/c1-3-4-9-14-5-6-15(9)7-8(2)10(11,12)13/h5-6H,2-4,7H2,1H3/q-1. The summed E-state index contributed by atoms with van der Waals surface area (Å²) >= 11 is 0. The third kappa shape index (κ3) is 3.14. The van der Waals surface area contributed by atoms with Crippen molar-refractivity contribution in [2.24, 2.45) is 0 Å². The minimum Gasteiger partial charge on any atom is -0.445 e. The molecule has 0 radical (unpaired) electrons. The van der Waals surface area contributed by atoms with Gasteiger partial charge in [-0.1, -0.05) is 6.92 Å². The second kappa shape index (κ2) is 4.55. The molecule has 0 spiro atoms. The summed E-state index contributed by atoms with van der Waals surface area (Å²) in [4.78, 5) is 4.00. The lowest BCUT2D eigenvalue weighted by Gasteiger charge is -2.19. The van der Waals surface area contributed by atoms with Gasteiger partial charge in [0.2, 0.25) is 0 Å². The first-order valence-corrected chi connectivity index (χ1v) is 4.82. The van der Waals surface area contributed by atoms with Crippen LogP contribution in [0.5, 0.6) is 0 Å². The Labute approximate surface area is 86.9 Å². The molecule has 0 saturated heterocycles. The zero-order chi connectivity index (χ0) is 11.5. The zero-order valence-electron chi connectivity index (χ0n) is 8.59. The second-order valence-electron chi connectivity index (χ2n) is 3.45. The van der Waals surface area contributed by atoms with Crippen molar-refractivity contribution in [1.82, 2.24) is 9.55 Å². The van der Waals surface area contributed by atoms with Crippen molar-refractivity contribution in [3.8, 4) is 0 Å². The van der Waals surface area contributed by atoms with Gasteiger partial charge >= 0.3 is 6.98 Å². The molecular weight excluding hydrogens is 204 g/mol. The topological polar surface area (TPSA) is 17.8 Å². The third-order valence-electron chi connectivity index (χ3n) is 2.11. The summed E-state index contributed by atoms with van der Waals surface area (Å²) in [5.41, 5.74) is -0.689. The van der Waals surface area contributed by atoms with E-state index in [2.05, 4.69) is 11.6 Å². The molecule has 0 N–H and O–H groups in total. The van der Waals surface area contributed by atoms with E-state index in [-0.39, 0.29) is 6.54 Å². The summed E-state index contributed by atoms with van der Waals surface area (Å²) in [6.07, 6.45) is 4.62. The predicted molar refractivity (Wildman–Crippen MR) is 54.4 cm³/mol. The van der Waals surface area contributed by atoms with Crippen LogP contribution in [0, 0.1) is 0 Å². The van der Waals surface area contributed by atoms with Gasteiger partial charge in [-0.25, -0.2) is 4.98 Å². The van der Waals surface area contributed by atoms with Crippen LogP contribution in [0.2, 0.25) is 0 Å². The third-order valence-corrected chi connectivity index (χ3v) is 2.11. The highest BCUT2D eigenvalue weighted by Gasteiger charge is 2.26. The number of nitrogens with zero attached hydrogens (tertiary/aromatic N) is 2. The van der Waals surface area contributed by atoms with Crippen LogP contribution in [-0.4, -0.2) is 16.5 Å². The van der Waals surface area contributed by atoms with Crippen molar-refractivity contribution in [1.29, 1.82) is 0 Å². The summed E-state index contributed by atoms with van der Waals surface area (Å²) in [7, 11) is 0. The summed E-state index contributed by atoms with van der Waals surface area (Å²) in [5.74, 6) is 0.679. The molecule has 1 aromatic heterocycles. The highest BCUT2D eigenvalue weighted by Crippen LogP contribution is 2.20. The SMILES string of the molecule is C=C(Cn1ccnc1CCC)[B-](F)(F)F. The number of aromatic nitrogens is 2. The van der Waals surface area contributed by atoms with E-state index in [9.17, 15) is 12.9 Å². The number of hydrogen-bond donors (Lipinski definition) is 0. The van der Waals surface area contributed by atoms with Crippen LogP contribution in [0.1, 0.15) is 19.2 Å². The van der Waals surface area contributed by atoms with E-state index in [0.29, 0.717) is 12.2 Å². The normalized spacial score (nSPS) is 11.7. The van der Waals surface area contributed by atoms with Crippen molar-refractivity contribution in [3.63, 3.8) is 0 Å². The Bertz CT molecular complexity index is 343. The van der Waals surface area contributed by atoms with Gasteiger partial charge in [-0.05, 0) is 6.42 Å². The van der Waals surface area contributed by atoms with Crippen LogP contribution in [-0.2, 0) is 13.0 Å². The number of aryl methyl sites for hydroxylation is 1. The maximum atomic E-state index is 12.3. The Kier molecular flexibility index (Phi) is 3.60. The highest BCUT2D eigenvalue weighted by atomic mass is 19.4. The molecule has 1 aromatic rings. The molecular formula is C9H13BF3N2-. The Morgan fingerprint density at radius 1 is 1.53 bits per heavy atom. The lowest BCUT2D eigenvalue weighted by Crippen LogP contribution is -2.23. The van der Waals surface area contributed by atoms with E-state index in [1.165, 1.54) is 10.8 Å². The number of halogens is 3. The average molecular weight is 217 g/mol. The number of allylic oxidation sites excluding steroid dienone is 1. The van der Waals surface area contributed by atoms with Crippen LogP contribution in [0.15, 0.2) is 24.4 Å². The fourth-order valence-electron chi connectivity index (χ4n) is 1.26. The van der Waals surface area contributed by atoms with Gasteiger partial charge in [0.05, 0.1) is 0 Å². The van der Waals surface area contributed by atoms with E-state index in [1.54, 1.807) is 6.20 Å². The molecule has 0 aromatic carbocycles. The minimum absolute atomic E-state index is 0.209. The lowest BCUT2D eigenvalue weighted by atomic mass is 9.80. The molecule has 1 heterocycles. The summed E-state index contributed by atoms with van der Waals surface area (Å²) in [6, 6.07) is 0. The van der Waals surface area contributed by atoms with Crippen molar-refractivity contribution < 1.29 is 12.9 Å². The van der Waals surface area contributed by atoms with Crippen LogP contribution < -0.4 is 0 Å². The Hall–Kier alpha value is -1.20. The minimum atomic E-state index is -4.95. The Balaban J connectivity index is 2.72. The summed E-state index contributed by atoms with van der Waals surface area (Å²) < 4.78 is 38.4. The average Bonchev–Trinajstić information content (AvgIpc) is 2.52. The number of hydrogen-bond acceptors (Lipinski definition) is 1. The predicted octanol–water partition coefficient (Wildman–Crippen LogP) is 2.78. The van der Waals surface area contributed by atoms with Gasteiger partial charge in [-0.2, -0.15) is 0 Å². The van der Waals surface area contributed by atoms with E-state index < -0.39 is 12.4 Å². The van der Waals surface area contributed by atoms with Gasteiger partial charge in [0.15, 0.2) is 0 Å². The van der Waals surface area contributed by atoms with E-state index in [1.807, 2.05) is 6.92 Å². The molecule has 2 nitrogen and oxygen atoms in total. The largest absolute Gasteiger partial charge is 0.506 e. The van der Waals surface area contributed by atoms with Crippen molar-refractivity contribution in [3.05, 3.63) is 30.3 Å². The lowest BCUT2D eigenvalue weighted by molar-refractivity contribution is 0.481. The molecule has 0 aliphatic rings. The van der Waals surface area contributed by atoms with E-state index in [4.69, 9.17) is 0 Å². The molecule has 0 aliphatic carbocycles. The molecule has 0 aliphatic heterocycles. The van der Waals surface area contributed by atoms with Gasteiger partial charge < -0.3 is 17.5 Å². The second-order valence-corrected chi connectivity index (χ2v) is 3.45. The van der Waals surface area contributed by atoms with Crippen molar-refractivity contribution >= 4 is 6.98 Å². The molecule has 0 unspecified atom stereocenters. The Morgan fingerprint density at radius 3 is 2.73 bits per heavy atom. The molecule has 0 amide bonds. The van der Waals surface area contributed by atoms with Crippen LogP contribution >= 0.6 is 0 Å². The Morgan fingerprint density at radius 2 is 2.20 bits per heavy atom. The van der Waals surface area contributed by atoms with Crippen molar-refractivity contribution in [2.45, 2.75) is 26.3 Å². The number of rotatable bonds is 5. The molecule has 0 atom stereocenters. The maximum Gasteiger partial charge on any atom is 0.506 e. The van der Waals surface area contributed by atoms with Crippen molar-refractivity contribution in [2.75, 3.05) is 0 Å². The molecule has 0 fully saturated rings. The van der Waals surface area contributed by atoms with Gasteiger partial charge in [-0.15, -0.1) is 12.1 Å². The first-order chi connectivity index (χ1) is 6.95. The number of imidazole rings is 1. The fourth-order valence-corrected chi connectivity index (χ4v) is 1.26. The summed E-state index contributed by atoms with van der Waals surface area (Å²) in [5, 5.41) is 0. The maximum absolute atomic E-state index is 12.3. The fraction of sp³-hybridized carbons (Fsp3) is 0.444. The van der Waals surface area contributed by atoms with E-state index >= 15 is 0 Å². The zero-order valence-corrected chi connectivity index (χ0v) is 8.59. The van der Waals surface area contributed by atoms with Gasteiger partial charge in [-0.3, -0.25) is 0 Å². The first-order valence-electron chi connectivity index (χ1n) is 4.82. The van der Waals surface area contributed by atoms with Crippen LogP contribution in [0.4, 0.5) is 12.9 Å². The molecule has 1 rings (SSSR count). The molecule has 0 saturated carbocycles. The monoisotopic (exact) mass is 217 g/mol. The first kappa shape index (κ1) is 11.9. The molecule has 15 heavy (non-hydrogen) atoms. The van der Waals surface area contributed by atoms with Gasteiger partial charge in [0.1, 0.15) is 5.82 Å². The molecule has 84 valence electrons. The highest BCUT2D eigenvalue weighted by molar-refractivity contribution is 6.66. The van der Waals surface area contributed by atoms with E-state index in [0.717, 1.165) is 6.42 Å². The molecule has 6 heteroatoms.